The Morgan fingerprint density at radius 1 is 0.588 bits per heavy atom. The smallest absolute Gasteiger partial charge is 0.257 e. The van der Waals surface area contributed by atoms with Crippen LogP contribution in [0.2, 0.25) is 0 Å². The minimum Gasteiger partial charge on any atom is -0.298 e. The van der Waals surface area contributed by atoms with Crippen molar-refractivity contribution < 1.29 is 9.59 Å². The Labute approximate surface area is 204 Å². The number of carbonyl (C=O) groups is 2. The number of carbonyl (C=O) groups excluding carboxylic acids is 2. The van der Waals surface area contributed by atoms with Crippen molar-refractivity contribution in [2.45, 2.75) is 0 Å². The molecule has 2 aromatic heterocycles. The van der Waals surface area contributed by atoms with Gasteiger partial charge in [0.25, 0.3) is 11.8 Å². The molecule has 0 spiro atoms. The predicted molar refractivity (Wildman–Crippen MR) is 137 cm³/mol. The average molecular weight is 483 g/mol. The van der Waals surface area contributed by atoms with E-state index >= 15 is 0 Å². The molecule has 2 heterocycles. The van der Waals surface area contributed by atoms with Crippen LogP contribution in [0.5, 0.6) is 0 Å². The molecule has 2 amide bonds. The summed E-state index contributed by atoms with van der Waals surface area (Å²) in [4.78, 5) is 34.5. The van der Waals surface area contributed by atoms with E-state index in [9.17, 15) is 9.59 Å². The van der Waals surface area contributed by atoms with Crippen molar-refractivity contribution in [3.63, 3.8) is 0 Å². The number of nitrogens with one attached hydrogen (secondary N) is 2. The maximum Gasteiger partial charge on any atom is 0.257 e. The van der Waals surface area contributed by atoms with Gasteiger partial charge in [-0.15, -0.1) is 22.7 Å². The number of thiazole rings is 2. The van der Waals surface area contributed by atoms with Crippen molar-refractivity contribution in [2.24, 2.45) is 0 Å². The molecule has 0 aliphatic carbocycles. The topological polar surface area (TPSA) is 84.0 Å². The standard InChI is InChI=1S/C26H18N4O2S2/c31-23(29-25-27-21(15-33-25)17-8-3-1-4-9-17)19-12-7-13-20(14-19)24(32)30-26-28-22(16-34-26)18-10-5-2-6-11-18/h1-16H,(H,27,29,31)(H,28,30,32). The quantitative estimate of drug-likeness (QED) is 0.292. The lowest BCUT2D eigenvalue weighted by Gasteiger charge is -2.05. The molecule has 0 aliphatic heterocycles. The summed E-state index contributed by atoms with van der Waals surface area (Å²) in [6.45, 7) is 0. The third-order valence-corrected chi connectivity index (χ3v) is 6.49. The summed E-state index contributed by atoms with van der Waals surface area (Å²) in [5.74, 6) is -0.659. The van der Waals surface area contributed by atoms with Gasteiger partial charge in [0.2, 0.25) is 0 Å². The fraction of sp³-hybridized carbons (Fsp3) is 0. The highest BCUT2D eigenvalue weighted by Crippen LogP contribution is 2.26. The first kappa shape index (κ1) is 21.7. The highest BCUT2D eigenvalue weighted by atomic mass is 32.1. The Kier molecular flexibility index (Phi) is 6.24. The van der Waals surface area contributed by atoms with E-state index in [0.717, 1.165) is 22.5 Å². The van der Waals surface area contributed by atoms with E-state index in [-0.39, 0.29) is 11.8 Å². The molecule has 34 heavy (non-hydrogen) atoms. The molecule has 0 radical (unpaired) electrons. The fourth-order valence-corrected chi connectivity index (χ4v) is 4.72. The molecule has 0 saturated carbocycles. The summed E-state index contributed by atoms with van der Waals surface area (Å²) >= 11 is 2.70. The van der Waals surface area contributed by atoms with Crippen LogP contribution in [0.3, 0.4) is 0 Å². The molecule has 0 atom stereocenters. The Hall–Kier alpha value is -4.14. The van der Waals surface area contributed by atoms with Crippen molar-refractivity contribution in [3.8, 4) is 22.5 Å². The van der Waals surface area contributed by atoms with Gasteiger partial charge in [0.05, 0.1) is 11.4 Å². The Morgan fingerprint density at radius 3 is 1.47 bits per heavy atom. The summed E-state index contributed by atoms with van der Waals surface area (Å²) in [6.07, 6.45) is 0. The molecule has 2 N–H and O–H groups in total. The monoisotopic (exact) mass is 482 g/mol. The third-order valence-electron chi connectivity index (χ3n) is 4.98. The lowest BCUT2D eigenvalue weighted by atomic mass is 10.1. The molecule has 0 aliphatic rings. The zero-order chi connectivity index (χ0) is 23.3. The van der Waals surface area contributed by atoms with E-state index in [4.69, 9.17) is 0 Å². The molecule has 8 heteroatoms. The minimum absolute atomic E-state index is 0.329. The summed E-state index contributed by atoms with van der Waals surface area (Å²) in [5.41, 5.74) is 4.30. The van der Waals surface area contributed by atoms with Gasteiger partial charge in [-0.1, -0.05) is 66.7 Å². The van der Waals surface area contributed by atoms with Gasteiger partial charge in [-0.05, 0) is 18.2 Å². The molecule has 0 bridgehead atoms. The largest absolute Gasteiger partial charge is 0.298 e. The molecule has 3 aromatic carbocycles. The van der Waals surface area contributed by atoms with Crippen LogP contribution in [0, 0.1) is 0 Å². The Balaban J connectivity index is 1.26. The van der Waals surface area contributed by atoms with E-state index in [2.05, 4.69) is 20.6 Å². The number of benzene rings is 3. The van der Waals surface area contributed by atoms with Crippen LogP contribution in [0.15, 0.2) is 95.7 Å². The average Bonchev–Trinajstić information content (AvgIpc) is 3.55. The van der Waals surface area contributed by atoms with Gasteiger partial charge in [0.15, 0.2) is 10.3 Å². The summed E-state index contributed by atoms with van der Waals surface area (Å²) in [5, 5.41) is 10.4. The highest BCUT2D eigenvalue weighted by Gasteiger charge is 2.14. The molecule has 0 fully saturated rings. The number of nitrogens with zero attached hydrogens (tertiary/aromatic N) is 2. The van der Waals surface area contributed by atoms with Crippen molar-refractivity contribution in [1.82, 2.24) is 9.97 Å². The van der Waals surface area contributed by atoms with Gasteiger partial charge >= 0.3 is 0 Å². The highest BCUT2D eigenvalue weighted by molar-refractivity contribution is 7.14. The number of rotatable bonds is 6. The number of aromatic nitrogens is 2. The van der Waals surface area contributed by atoms with Crippen LogP contribution in [-0.2, 0) is 0 Å². The maximum absolute atomic E-state index is 12.8. The van der Waals surface area contributed by atoms with Gasteiger partial charge in [0.1, 0.15) is 0 Å². The minimum atomic E-state index is -0.329. The van der Waals surface area contributed by atoms with E-state index < -0.39 is 0 Å². The lowest BCUT2D eigenvalue weighted by Crippen LogP contribution is -2.15. The molecule has 0 saturated heterocycles. The van der Waals surface area contributed by atoms with E-state index in [1.165, 1.54) is 22.7 Å². The molecule has 166 valence electrons. The van der Waals surface area contributed by atoms with Crippen molar-refractivity contribution >= 4 is 44.8 Å². The number of anilines is 2. The van der Waals surface area contributed by atoms with Gasteiger partial charge < -0.3 is 0 Å². The van der Waals surface area contributed by atoms with Gasteiger partial charge in [-0.2, -0.15) is 0 Å². The fourth-order valence-electron chi connectivity index (χ4n) is 3.29. The molecular weight excluding hydrogens is 464 g/mol. The van der Waals surface area contributed by atoms with Crippen molar-refractivity contribution in [3.05, 3.63) is 107 Å². The van der Waals surface area contributed by atoms with E-state index in [1.807, 2.05) is 71.4 Å². The van der Waals surface area contributed by atoms with E-state index in [0.29, 0.717) is 21.4 Å². The van der Waals surface area contributed by atoms with Gasteiger partial charge in [0, 0.05) is 33.0 Å². The van der Waals surface area contributed by atoms with E-state index in [1.54, 1.807) is 24.3 Å². The third kappa shape index (κ3) is 4.93. The lowest BCUT2D eigenvalue weighted by molar-refractivity contribution is 0.102. The molecule has 6 nitrogen and oxygen atoms in total. The van der Waals surface area contributed by atoms with Crippen LogP contribution in [0.25, 0.3) is 22.5 Å². The number of amides is 2. The zero-order valence-electron chi connectivity index (χ0n) is 17.8. The Bertz CT molecular complexity index is 1340. The SMILES string of the molecule is O=C(Nc1nc(-c2ccccc2)cs1)c1cccc(C(=O)Nc2nc(-c3ccccc3)cs2)c1. The molecule has 5 rings (SSSR count). The van der Waals surface area contributed by atoms with Crippen molar-refractivity contribution in [1.29, 1.82) is 0 Å². The van der Waals surface area contributed by atoms with Crippen LogP contribution < -0.4 is 10.6 Å². The second-order valence-electron chi connectivity index (χ2n) is 7.30. The van der Waals surface area contributed by atoms with Crippen LogP contribution >= 0.6 is 22.7 Å². The predicted octanol–water partition coefficient (Wildman–Crippen LogP) is 6.44. The van der Waals surface area contributed by atoms with Gasteiger partial charge in [-0.3, -0.25) is 20.2 Å². The molecule has 0 unspecified atom stereocenters. The summed E-state index contributed by atoms with van der Waals surface area (Å²) in [7, 11) is 0. The first-order valence-electron chi connectivity index (χ1n) is 10.4. The number of hydrogen-bond acceptors (Lipinski definition) is 6. The number of hydrogen-bond donors (Lipinski definition) is 2. The van der Waals surface area contributed by atoms with Crippen LogP contribution in [0.1, 0.15) is 20.7 Å². The maximum atomic E-state index is 12.8. The van der Waals surface area contributed by atoms with Crippen LogP contribution in [-0.4, -0.2) is 21.8 Å². The second-order valence-corrected chi connectivity index (χ2v) is 9.01. The van der Waals surface area contributed by atoms with Crippen molar-refractivity contribution in [2.75, 3.05) is 10.6 Å². The second kappa shape index (κ2) is 9.78. The first-order valence-corrected chi connectivity index (χ1v) is 12.2. The first-order chi connectivity index (χ1) is 16.7. The molecule has 5 aromatic rings. The summed E-state index contributed by atoms with van der Waals surface area (Å²) < 4.78 is 0. The zero-order valence-corrected chi connectivity index (χ0v) is 19.4. The van der Waals surface area contributed by atoms with Gasteiger partial charge in [-0.25, -0.2) is 9.97 Å². The van der Waals surface area contributed by atoms with Crippen LogP contribution in [0.4, 0.5) is 10.3 Å². The normalized spacial score (nSPS) is 10.6. The Morgan fingerprint density at radius 2 is 1.03 bits per heavy atom. The molecular formula is C26H18N4O2S2. The summed E-state index contributed by atoms with van der Waals surface area (Å²) in [6, 6.07) is 26.1.